The monoisotopic (exact) mass is 477 g/mol. The van der Waals surface area contributed by atoms with Gasteiger partial charge in [-0.1, -0.05) is 37.3 Å². The maximum atomic E-state index is 12.9. The number of rotatable bonds is 8. The number of nitrogens with zero attached hydrogens (tertiary/aromatic N) is 2. The van der Waals surface area contributed by atoms with Gasteiger partial charge in [0.05, 0.1) is 19.1 Å². The summed E-state index contributed by atoms with van der Waals surface area (Å²) in [7, 11) is 1.61. The molecule has 4 rings (SSSR count). The Labute approximate surface area is 204 Å². The molecule has 0 saturated carbocycles. The second kappa shape index (κ2) is 10.7. The highest BCUT2D eigenvalue weighted by atomic mass is 16.5. The molecule has 2 aliphatic rings. The van der Waals surface area contributed by atoms with Gasteiger partial charge in [0, 0.05) is 30.6 Å². The fraction of sp³-hybridized carbons (Fsp3) is 0.360. The number of fused-ring (bicyclic) bond motifs is 1. The van der Waals surface area contributed by atoms with Gasteiger partial charge >= 0.3 is 0 Å². The topological polar surface area (TPSA) is 105 Å². The van der Waals surface area contributed by atoms with Crippen molar-refractivity contribution in [3.63, 3.8) is 0 Å². The van der Waals surface area contributed by atoms with Crippen molar-refractivity contribution in [3.05, 3.63) is 64.7 Å². The van der Waals surface area contributed by atoms with E-state index >= 15 is 0 Å². The molecule has 0 spiro atoms. The average Bonchev–Trinajstić information content (AvgIpc) is 3.21. The zero-order valence-corrected chi connectivity index (χ0v) is 19.9. The summed E-state index contributed by atoms with van der Waals surface area (Å²) in [6, 6.07) is 13.1. The van der Waals surface area contributed by atoms with Crippen LogP contribution in [0.3, 0.4) is 0 Å². The summed E-state index contributed by atoms with van der Waals surface area (Å²) in [5, 5.41) is 2.32. The molecule has 2 aromatic carbocycles. The van der Waals surface area contributed by atoms with Crippen molar-refractivity contribution in [1.29, 1.82) is 0 Å². The Balaban J connectivity index is 1.38. The third kappa shape index (κ3) is 5.54. The minimum Gasteiger partial charge on any atom is -0.489 e. The van der Waals surface area contributed by atoms with Gasteiger partial charge < -0.3 is 19.3 Å². The van der Waals surface area contributed by atoms with E-state index in [-0.39, 0.29) is 37.3 Å². The van der Waals surface area contributed by atoms with Gasteiger partial charge in [-0.15, -0.1) is 0 Å². The van der Waals surface area contributed by atoms with Gasteiger partial charge in [-0.3, -0.25) is 24.5 Å². The summed E-state index contributed by atoms with van der Waals surface area (Å²) in [4.78, 5) is 52.0. The van der Waals surface area contributed by atoms with Crippen LogP contribution in [0.1, 0.15) is 40.4 Å². The van der Waals surface area contributed by atoms with Crippen LogP contribution in [0.5, 0.6) is 5.75 Å². The SMILES string of the molecule is BC(C(=O)NC(=O)CC)N1Cc2c(OCc3ccc(CN4CCOCC4=O)cc3)cccc2C1=O. The Morgan fingerprint density at radius 1 is 1.14 bits per heavy atom. The smallest absolute Gasteiger partial charge is 0.254 e. The first-order valence-electron chi connectivity index (χ1n) is 11.7. The molecule has 2 heterocycles. The number of morpholine rings is 1. The number of amides is 4. The number of imide groups is 1. The molecule has 182 valence electrons. The Morgan fingerprint density at radius 3 is 2.60 bits per heavy atom. The number of ether oxygens (including phenoxy) is 2. The van der Waals surface area contributed by atoms with E-state index in [1.54, 1.807) is 37.9 Å². The van der Waals surface area contributed by atoms with Crippen LogP contribution in [-0.4, -0.2) is 67.0 Å². The third-order valence-corrected chi connectivity index (χ3v) is 6.26. The molecular formula is C25H28BN3O6. The fourth-order valence-electron chi connectivity index (χ4n) is 4.09. The van der Waals surface area contributed by atoms with E-state index in [1.165, 1.54) is 4.90 Å². The van der Waals surface area contributed by atoms with E-state index in [0.29, 0.717) is 37.6 Å². The highest BCUT2D eigenvalue weighted by molar-refractivity contribution is 6.27. The summed E-state index contributed by atoms with van der Waals surface area (Å²) >= 11 is 0. The van der Waals surface area contributed by atoms with Crippen molar-refractivity contribution in [2.45, 2.75) is 39.0 Å². The number of hydrogen-bond donors (Lipinski definition) is 1. The summed E-state index contributed by atoms with van der Waals surface area (Å²) in [6.07, 6.45) is 0.191. The third-order valence-electron chi connectivity index (χ3n) is 6.26. The first-order valence-corrected chi connectivity index (χ1v) is 11.7. The largest absolute Gasteiger partial charge is 0.489 e. The van der Waals surface area contributed by atoms with Crippen molar-refractivity contribution < 1.29 is 28.7 Å². The van der Waals surface area contributed by atoms with E-state index in [2.05, 4.69) is 5.32 Å². The molecule has 2 aliphatic heterocycles. The standard InChI is InChI=1S/C25H28BN3O6/c1-2-21(30)27-24(32)23(26)29-13-19-18(25(29)33)4-3-5-20(19)35-14-17-8-6-16(7-9-17)12-28-10-11-34-15-22(28)31/h3-9,23H,2,10-15,26H2,1H3,(H,27,30,32). The molecule has 0 radical (unpaired) electrons. The molecule has 1 saturated heterocycles. The number of carbonyl (C=O) groups excluding carboxylic acids is 4. The molecule has 10 heteroatoms. The van der Waals surface area contributed by atoms with E-state index < -0.39 is 11.8 Å². The average molecular weight is 477 g/mol. The summed E-state index contributed by atoms with van der Waals surface area (Å²) in [5.74, 6) is -1.35. The Kier molecular flexibility index (Phi) is 7.50. The highest BCUT2D eigenvalue weighted by Crippen LogP contribution is 2.32. The second-order valence-corrected chi connectivity index (χ2v) is 8.63. The minimum atomic E-state index is -0.788. The number of nitrogens with one attached hydrogen (secondary N) is 1. The molecule has 35 heavy (non-hydrogen) atoms. The molecule has 4 amide bonds. The van der Waals surface area contributed by atoms with Crippen molar-refractivity contribution in [1.82, 2.24) is 15.1 Å². The van der Waals surface area contributed by atoms with E-state index in [1.807, 2.05) is 24.3 Å². The van der Waals surface area contributed by atoms with Crippen molar-refractivity contribution in [2.24, 2.45) is 0 Å². The highest BCUT2D eigenvalue weighted by Gasteiger charge is 2.35. The Hall–Kier alpha value is -3.66. The zero-order valence-electron chi connectivity index (χ0n) is 19.9. The fourth-order valence-corrected chi connectivity index (χ4v) is 4.09. The quantitative estimate of drug-likeness (QED) is 0.559. The van der Waals surface area contributed by atoms with E-state index in [0.717, 1.165) is 16.7 Å². The van der Waals surface area contributed by atoms with Crippen LogP contribution in [0.25, 0.3) is 0 Å². The lowest BCUT2D eigenvalue weighted by atomic mass is 9.93. The molecule has 0 aromatic heterocycles. The van der Waals surface area contributed by atoms with Crippen LogP contribution in [0.4, 0.5) is 0 Å². The van der Waals surface area contributed by atoms with E-state index in [4.69, 9.17) is 9.47 Å². The lowest BCUT2D eigenvalue weighted by molar-refractivity contribution is -0.143. The maximum Gasteiger partial charge on any atom is 0.254 e. The summed E-state index contributed by atoms with van der Waals surface area (Å²) in [6.45, 7) is 4.02. The van der Waals surface area contributed by atoms with Crippen LogP contribution in [0.15, 0.2) is 42.5 Å². The lowest BCUT2D eigenvalue weighted by Crippen LogP contribution is -2.49. The minimum absolute atomic E-state index is 0.00561. The molecule has 0 bridgehead atoms. The number of carbonyl (C=O) groups is 4. The predicted molar refractivity (Wildman–Crippen MR) is 129 cm³/mol. The first kappa shape index (κ1) is 24.5. The number of benzene rings is 2. The molecular weight excluding hydrogens is 449 g/mol. The predicted octanol–water partition coefficient (Wildman–Crippen LogP) is 0.592. The van der Waals surface area contributed by atoms with Gasteiger partial charge in [0.15, 0.2) is 0 Å². The van der Waals surface area contributed by atoms with Gasteiger partial charge in [-0.2, -0.15) is 0 Å². The van der Waals surface area contributed by atoms with Crippen LogP contribution in [-0.2, 0) is 38.8 Å². The van der Waals surface area contributed by atoms with Gasteiger partial charge in [0.25, 0.3) is 5.91 Å². The molecule has 2 aromatic rings. The molecule has 0 aliphatic carbocycles. The molecule has 1 unspecified atom stereocenters. The first-order chi connectivity index (χ1) is 16.9. The van der Waals surface area contributed by atoms with Crippen LogP contribution >= 0.6 is 0 Å². The Bertz CT molecular complexity index is 1140. The maximum absolute atomic E-state index is 12.9. The number of hydrogen-bond acceptors (Lipinski definition) is 6. The molecule has 1 atom stereocenters. The molecule has 1 N–H and O–H groups in total. The normalized spacial score (nSPS) is 16.1. The van der Waals surface area contributed by atoms with Crippen molar-refractivity contribution >= 4 is 31.5 Å². The van der Waals surface area contributed by atoms with Gasteiger partial charge in [0.1, 0.15) is 26.8 Å². The van der Waals surface area contributed by atoms with Gasteiger partial charge in [0.2, 0.25) is 17.7 Å². The Morgan fingerprint density at radius 2 is 1.89 bits per heavy atom. The molecule has 1 fully saturated rings. The molecule has 9 nitrogen and oxygen atoms in total. The zero-order chi connectivity index (χ0) is 24.9. The van der Waals surface area contributed by atoms with Crippen LogP contribution in [0.2, 0.25) is 0 Å². The lowest BCUT2D eigenvalue weighted by Gasteiger charge is -2.26. The van der Waals surface area contributed by atoms with Crippen LogP contribution < -0.4 is 10.1 Å². The van der Waals surface area contributed by atoms with Crippen molar-refractivity contribution in [2.75, 3.05) is 19.8 Å². The van der Waals surface area contributed by atoms with E-state index in [9.17, 15) is 19.2 Å². The van der Waals surface area contributed by atoms with Gasteiger partial charge in [-0.05, 0) is 23.3 Å². The summed E-state index contributed by atoms with van der Waals surface area (Å²) in [5.41, 5.74) is 3.20. The van der Waals surface area contributed by atoms with Crippen molar-refractivity contribution in [3.8, 4) is 5.75 Å². The van der Waals surface area contributed by atoms with Crippen LogP contribution in [0, 0.1) is 0 Å². The van der Waals surface area contributed by atoms with Gasteiger partial charge in [-0.25, -0.2) is 0 Å². The second-order valence-electron chi connectivity index (χ2n) is 8.63. The summed E-state index contributed by atoms with van der Waals surface area (Å²) < 4.78 is 11.2.